The van der Waals surface area contributed by atoms with Crippen LogP contribution in [0.2, 0.25) is 0 Å². The topological polar surface area (TPSA) is 67.2 Å². The maximum Gasteiger partial charge on any atom is 0.293 e. The lowest BCUT2D eigenvalue weighted by molar-refractivity contribution is 0.474. The van der Waals surface area contributed by atoms with E-state index in [-0.39, 0.29) is 11.6 Å². The molecular formula is C21H21FN6O. The van der Waals surface area contributed by atoms with E-state index in [0.29, 0.717) is 36.5 Å². The zero-order valence-electron chi connectivity index (χ0n) is 16.1. The highest BCUT2D eigenvalue weighted by Crippen LogP contribution is 2.34. The minimum atomic E-state index is -0.422. The molecule has 0 bridgehead atoms. The molecule has 1 aliphatic heterocycles. The van der Waals surface area contributed by atoms with Crippen molar-refractivity contribution >= 4 is 11.6 Å². The fourth-order valence-electron chi connectivity index (χ4n) is 3.72. The predicted octanol–water partition coefficient (Wildman–Crippen LogP) is 2.50. The Hall–Kier alpha value is -3.29. The molecule has 7 nitrogen and oxygen atoms in total. The molecule has 148 valence electrons. The van der Waals surface area contributed by atoms with Gasteiger partial charge in [0.15, 0.2) is 17.5 Å². The number of rotatable bonds is 5. The molecule has 2 fully saturated rings. The third-order valence-corrected chi connectivity index (χ3v) is 5.65. The molecule has 1 saturated carbocycles. The molecule has 5 rings (SSSR count). The lowest BCUT2D eigenvalue weighted by atomic mass is 10.1. The van der Waals surface area contributed by atoms with E-state index in [1.807, 2.05) is 47.2 Å². The normalized spacial score (nSPS) is 16.6. The Balaban J connectivity index is 1.34. The van der Waals surface area contributed by atoms with Crippen molar-refractivity contribution in [2.75, 3.05) is 29.9 Å². The minimum absolute atomic E-state index is 0.0597. The average Bonchev–Trinajstić information content (AvgIpc) is 3.54. The second-order valence-corrected chi connectivity index (χ2v) is 7.59. The van der Waals surface area contributed by atoms with Crippen molar-refractivity contribution in [3.8, 4) is 11.3 Å². The molecule has 3 heterocycles. The van der Waals surface area contributed by atoms with Gasteiger partial charge < -0.3 is 14.4 Å². The fourth-order valence-corrected chi connectivity index (χ4v) is 3.72. The Morgan fingerprint density at radius 1 is 1.10 bits per heavy atom. The van der Waals surface area contributed by atoms with Crippen LogP contribution in [0.25, 0.3) is 11.3 Å². The molecule has 2 aliphatic rings. The number of hydrogen-bond donors (Lipinski definition) is 0. The van der Waals surface area contributed by atoms with Crippen LogP contribution in [0.1, 0.15) is 18.9 Å². The number of hydrogen-bond acceptors (Lipinski definition) is 6. The first kappa shape index (κ1) is 17.8. The van der Waals surface area contributed by atoms with E-state index in [0.717, 1.165) is 18.4 Å². The molecule has 0 unspecified atom stereocenters. The molecule has 0 N–H and O–H groups in total. The average molecular weight is 392 g/mol. The van der Waals surface area contributed by atoms with Crippen LogP contribution >= 0.6 is 0 Å². The molecule has 0 atom stereocenters. The molecule has 2 aromatic heterocycles. The molecule has 0 amide bonds. The predicted molar refractivity (Wildman–Crippen MR) is 109 cm³/mol. The molecular weight excluding hydrogens is 371 g/mol. The third-order valence-electron chi connectivity index (χ3n) is 5.65. The Labute approximate surface area is 167 Å². The van der Waals surface area contributed by atoms with Gasteiger partial charge in [-0.25, -0.2) is 19.3 Å². The van der Waals surface area contributed by atoms with Crippen LogP contribution in [0.4, 0.5) is 16.0 Å². The van der Waals surface area contributed by atoms with E-state index in [1.54, 1.807) is 17.0 Å². The molecule has 1 aliphatic carbocycles. The monoisotopic (exact) mass is 392 g/mol. The van der Waals surface area contributed by atoms with Crippen molar-refractivity contribution in [2.24, 2.45) is 0 Å². The highest BCUT2D eigenvalue weighted by atomic mass is 19.1. The number of anilines is 2. The second-order valence-electron chi connectivity index (χ2n) is 7.59. The zero-order chi connectivity index (χ0) is 20.0. The summed E-state index contributed by atoms with van der Waals surface area (Å²) in [5.74, 6) is 0.311. The van der Waals surface area contributed by atoms with Crippen LogP contribution in [0.3, 0.4) is 0 Å². The maximum atomic E-state index is 15.0. The quantitative estimate of drug-likeness (QED) is 0.665. The van der Waals surface area contributed by atoms with Crippen molar-refractivity contribution in [1.82, 2.24) is 19.5 Å². The van der Waals surface area contributed by atoms with Crippen LogP contribution in [0.15, 0.2) is 53.8 Å². The van der Waals surface area contributed by atoms with E-state index in [9.17, 15) is 4.79 Å². The number of benzene rings is 1. The van der Waals surface area contributed by atoms with Crippen LogP contribution in [-0.2, 0) is 0 Å². The molecule has 3 aromatic rings. The van der Waals surface area contributed by atoms with Crippen LogP contribution < -0.4 is 15.4 Å². The maximum absolute atomic E-state index is 15.0. The number of halogens is 1. The van der Waals surface area contributed by atoms with Crippen molar-refractivity contribution in [3.05, 3.63) is 65.2 Å². The molecule has 0 radical (unpaired) electrons. The first-order valence-electron chi connectivity index (χ1n) is 9.74. The standard InChI is InChI=1S/C21H21FN6O/c1-26(20-21(29)28(10-9-23-20)15-7-8-15)16-11-27(12-16)19-17(22)18(24-13-25-19)14-5-3-2-4-6-14/h2-6,9-10,13,15-16H,7-8,11-12H2,1H3. The summed E-state index contributed by atoms with van der Waals surface area (Å²) in [5, 5.41) is 0. The molecule has 0 spiro atoms. The first-order chi connectivity index (χ1) is 14.1. The van der Waals surface area contributed by atoms with Crippen molar-refractivity contribution < 1.29 is 4.39 Å². The summed E-state index contributed by atoms with van der Waals surface area (Å²) in [4.78, 5) is 29.0. The summed E-state index contributed by atoms with van der Waals surface area (Å²) in [6.07, 6.45) is 6.91. The Morgan fingerprint density at radius 2 is 1.86 bits per heavy atom. The number of nitrogens with zero attached hydrogens (tertiary/aromatic N) is 6. The van der Waals surface area contributed by atoms with Gasteiger partial charge in [-0.2, -0.15) is 0 Å². The van der Waals surface area contributed by atoms with Gasteiger partial charge in [0.05, 0.1) is 6.04 Å². The van der Waals surface area contributed by atoms with E-state index in [4.69, 9.17) is 0 Å². The van der Waals surface area contributed by atoms with Crippen LogP contribution in [-0.4, -0.2) is 45.7 Å². The van der Waals surface area contributed by atoms with Crippen molar-refractivity contribution in [3.63, 3.8) is 0 Å². The minimum Gasteiger partial charge on any atom is -0.350 e. The summed E-state index contributed by atoms with van der Waals surface area (Å²) in [6, 6.07) is 9.62. The lowest BCUT2D eigenvalue weighted by Crippen LogP contribution is -2.60. The van der Waals surface area contributed by atoms with Crippen LogP contribution in [0, 0.1) is 5.82 Å². The van der Waals surface area contributed by atoms with Crippen molar-refractivity contribution in [1.29, 1.82) is 0 Å². The first-order valence-corrected chi connectivity index (χ1v) is 9.74. The van der Waals surface area contributed by atoms with Gasteiger partial charge in [-0.3, -0.25) is 4.79 Å². The van der Waals surface area contributed by atoms with Gasteiger partial charge >= 0.3 is 0 Å². The van der Waals surface area contributed by atoms with E-state index < -0.39 is 5.82 Å². The molecule has 29 heavy (non-hydrogen) atoms. The smallest absolute Gasteiger partial charge is 0.293 e. The SMILES string of the molecule is CN(c1nccn(C2CC2)c1=O)C1CN(c2ncnc(-c3ccccc3)c2F)C1. The van der Waals surface area contributed by atoms with Crippen molar-refractivity contribution in [2.45, 2.75) is 24.9 Å². The fraction of sp³-hybridized carbons (Fsp3) is 0.333. The van der Waals surface area contributed by atoms with Gasteiger partial charge in [-0.15, -0.1) is 0 Å². The Morgan fingerprint density at radius 3 is 2.59 bits per heavy atom. The summed E-state index contributed by atoms with van der Waals surface area (Å²) < 4.78 is 16.8. The molecule has 1 saturated heterocycles. The summed E-state index contributed by atoms with van der Waals surface area (Å²) in [5.41, 5.74) is 0.955. The Kier molecular flexibility index (Phi) is 4.26. The highest BCUT2D eigenvalue weighted by Gasteiger charge is 2.35. The van der Waals surface area contributed by atoms with Gasteiger partial charge in [0, 0.05) is 44.1 Å². The number of likely N-dealkylation sites (N-methyl/N-ethyl adjacent to an activating group) is 1. The van der Waals surface area contributed by atoms with Crippen LogP contribution in [0.5, 0.6) is 0 Å². The summed E-state index contributed by atoms with van der Waals surface area (Å²) >= 11 is 0. The second kappa shape index (κ2) is 6.95. The van der Waals surface area contributed by atoms with Gasteiger partial charge in [0.2, 0.25) is 0 Å². The lowest BCUT2D eigenvalue weighted by Gasteiger charge is -2.44. The Bertz CT molecular complexity index is 1090. The number of aromatic nitrogens is 4. The zero-order valence-corrected chi connectivity index (χ0v) is 16.1. The largest absolute Gasteiger partial charge is 0.350 e. The van der Waals surface area contributed by atoms with Gasteiger partial charge in [0.1, 0.15) is 12.0 Å². The summed E-state index contributed by atoms with van der Waals surface area (Å²) in [7, 11) is 1.87. The molecule has 8 heteroatoms. The van der Waals surface area contributed by atoms with Gasteiger partial charge in [-0.05, 0) is 12.8 Å². The third kappa shape index (κ3) is 3.14. The van der Waals surface area contributed by atoms with E-state index in [2.05, 4.69) is 15.0 Å². The highest BCUT2D eigenvalue weighted by molar-refractivity contribution is 5.64. The van der Waals surface area contributed by atoms with Gasteiger partial charge in [0.25, 0.3) is 5.56 Å². The summed E-state index contributed by atoms with van der Waals surface area (Å²) in [6.45, 7) is 1.14. The van der Waals surface area contributed by atoms with Gasteiger partial charge in [-0.1, -0.05) is 30.3 Å². The van der Waals surface area contributed by atoms with E-state index in [1.165, 1.54) is 6.33 Å². The van der Waals surface area contributed by atoms with E-state index >= 15 is 4.39 Å². The molecule has 1 aromatic carbocycles.